The maximum Gasteiger partial charge on any atom is 0.311 e. The number of hydrazone groups is 1. The number of rotatable bonds is 7. The van der Waals surface area contributed by atoms with E-state index in [1.54, 1.807) is 19.1 Å². The molecule has 2 aromatic carbocycles. The van der Waals surface area contributed by atoms with E-state index in [4.69, 9.17) is 17.0 Å². The summed E-state index contributed by atoms with van der Waals surface area (Å²) in [5.41, 5.74) is 4.24. The predicted molar refractivity (Wildman–Crippen MR) is 101 cm³/mol. The van der Waals surface area contributed by atoms with E-state index in [-0.39, 0.29) is 11.4 Å². The second-order valence-corrected chi connectivity index (χ2v) is 5.36. The van der Waals surface area contributed by atoms with Crippen molar-refractivity contribution in [3.8, 4) is 5.75 Å². The summed E-state index contributed by atoms with van der Waals surface area (Å²) < 4.78 is 5.24. The fourth-order valence-electron chi connectivity index (χ4n) is 2.02. The molecule has 0 saturated heterocycles. The Bertz CT molecular complexity index is 766. The van der Waals surface area contributed by atoms with Crippen LogP contribution in [0.15, 0.2) is 53.6 Å². The Morgan fingerprint density at radius 3 is 2.76 bits per heavy atom. The first kappa shape index (κ1) is 18.3. The summed E-state index contributed by atoms with van der Waals surface area (Å²) in [6, 6.07) is 14.4. The molecular weight excluding hydrogens is 340 g/mol. The molecule has 130 valence electrons. The minimum atomic E-state index is -0.484. The van der Waals surface area contributed by atoms with Crippen LogP contribution in [0, 0.1) is 10.1 Å². The van der Waals surface area contributed by atoms with Gasteiger partial charge in [-0.2, -0.15) is 5.10 Å². The lowest BCUT2D eigenvalue weighted by molar-refractivity contribution is -0.385. The average molecular weight is 358 g/mol. The van der Waals surface area contributed by atoms with Gasteiger partial charge in [-0.25, -0.2) is 0 Å². The molecule has 0 heterocycles. The molecule has 2 aromatic rings. The average Bonchev–Trinajstić information content (AvgIpc) is 2.62. The predicted octanol–water partition coefficient (Wildman–Crippen LogP) is 2.99. The maximum absolute atomic E-state index is 11.1. The number of nitro benzene ring substituents is 1. The highest BCUT2D eigenvalue weighted by molar-refractivity contribution is 7.80. The molecule has 0 unspecified atom stereocenters. The normalized spacial score (nSPS) is 10.4. The van der Waals surface area contributed by atoms with Crippen molar-refractivity contribution in [3.05, 3.63) is 69.8 Å². The molecule has 8 heteroatoms. The highest BCUT2D eigenvalue weighted by atomic mass is 32.1. The van der Waals surface area contributed by atoms with Crippen LogP contribution >= 0.6 is 12.2 Å². The fraction of sp³-hybridized carbons (Fsp3) is 0.176. The molecule has 0 aliphatic carbocycles. The van der Waals surface area contributed by atoms with Gasteiger partial charge in [0.05, 0.1) is 17.7 Å². The lowest BCUT2D eigenvalue weighted by atomic mass is 10.2. The second kappa shape index (κ2) is 9.33. The van der Waals surface area contributed by atoms with E-state index in [2.05, 4.69) is 15.8 Å². The minimum absolute atomic E-state index is 0.101. The number of hydrogen-bond donors (Lipinski definition) is 2. The molecule has 2 rings (SSSR count). The van der Waals surface area contributed by atoms with Gasteiger partial charge >= 0.3 is 5.69 Å². The summed E-state index contributed by atoms with van der Waals surface area (Å²) in [6.07, 6.45) is 1.46. The minimum Gasteiger partial charge on any atom is -0.487 e. The number of hydrogen-bond acceptors (Lipinski definition) is 5. The number of thiocarbonyl (C=S) groups is 1. The van der Waals surface area contributed by atoms with E-state index in [0.717, 1.165) is 5.56 Å². The highest BCUT2D eigenvalue weighted by Gasteiger charge is 2.15. The third kappa shape index (κ3) is 5.85. The Balaban J connectivity index is 1.91. The molecular formula is C17H18N4O3S. The van der Waals surface area contributed by atoms with Gasteiger partial charge in [0.2, 0.25) is 0 Å². The molecule has 0 aliphatic rings. The van der Waals surface area contributed by atoms with Gasteiger partial charge in [0.15, 0.2) is 10.9 Å². The van der Waals surface area contributed by atoms with Gasteiger partial charge in [-0.3, -0.25) is 15.5 Å². The van der Waals surface area contributed by atoms with Gasteiger partial charge in [-0.1, -0.05) is 30.3 Å². The number of ether oxygens (including phenoxy) is 1. The topological polar surface area (TPSA) is 88.8 Å². The summed E-state index contributed by atoms with van der Waals surface area (Å²) in [5, 5.41) is 18.5. The van der Waals surface area contributed by atoms with Gasteiger partial charge in [0.25, 0.3) is 0 Å². The van der Waals surface area contributed by atoms with Gasteiger partial charge in [-0.05, 0) is 36.8 Å². The van der Waals surface area contributed by atoms with E-state index >= 15 is 0 Å². The summed E-state index contributed by atoms with van der Waals surface area (Å²) in [4.78, 5) is 10.6. The Kier molecular flexibility index (Phi) is 6.85. The summed E-state index contributed by atoms with van der Waals surface area (Å²) >= 11 is 5.13. The van der Waals surface area contributed by atoms with Crippen LogP contribution < -0.4 is 15.5 Å². The van der Waals surface area contributed by atoms with E-state index in [0.29, 0.717) is 23.8 Å². The van der Waals surface area contributed by atoms with Crippen LogP contribution in [0.25, 0.3) is 0 Å². The zero-order valence-electron chi connectivity index (χ0n) is 13.6. The van der Waals surface area contributed by atoms with Crippen molar-refractivity contribution in [1.29, 1.82) is 0 Å². The van der Waals surface area contributed by atoms with E-state index in [9.17, 15) is 10.1 Å². The van der Waals surface area contributed by atoms with Gasteiger partial charge in [0, 0.05) is 18.2 Å². The number of nitro groups is 1. The summed E-state index contributed by atoms with van der Waals surface area (Å²) in [6.45, 7) is 2.71. The molecule has 2 N–H and O–H groups in total. The third-order valence-electron chi connectivity index (χ3n) is 3.16. The Morgan fingerprint density at radius 2 is 2.08 bits per heavy atom. The summed E-state index contributed by atoms with van der Waals surface area (Å²) in [7, 11) is 0. The zero-order chi connectivity index (χ0) is 18.1. The third-order valence-corrected chi connectivity index (χ3v) is 3.39. The van der Waals surface area contributed by atoms with Crippen molar-refractivity contribution in [3.63, 3.8) is 0 Å². The zero-order valence-corrected chi connectivity index (χ0v) is 14.5. The number of benzene rings is 2. The molecule has 0 amide bonds. The molecule has 0 atom stereocenters. The Labute approximate surface area is 150 Å². The molecule has 0 aliphatic heterocycles. The van der Waals surface area contributed by atoms with Crippen molar-refractivity contribution >= 4 is 29.2 Å². The standard InChI is InChI=1S/C17H18N4O3S/c1-2-24-16-9-8-14(10-15(16)21(22)23)12-19-20-17(25)18-11-13-6-4-3-5-7-13/h3-10,12H,2,11H2,1H3,(H2,18,20,25)/b19-12-. The van der Waals surface area contributed by atoms with Crippen molar-refractivity contribution in [2.45, 2.75) is 13.5 Å². The Morgan fingerprint density at radius 1 is 1.32 bits per heavy atom. The van der Waals surface area contributed by atoms with Gasteiger partial charge < -0.3 is 10.1 Å². The second-order valence-electron chi connectivity index (χ2n) is 4.96. The van der Waals surface area contributed by atoms with Crippen molar-refractivity contribution in [1.82, 2.24) is 10.7 Å². The van der Waals surface area contributed by atoms with E-state index < -0.39 is 4.92 Å². The highest BCUT2D eigenvalue weighted by Crippen LogP contribution is 2.27. The molecule has 0 radical (unpaired) electrons. The lowest BCUT2D eigenvalue weighted by Gasteiger charge is -2.07. The van der Waals surface area contributed by atoms with Gasteiger partial charge in [-0.15, -0.1) is 0 Å². The number of nitrogens with zero attached hydrogens (tertiary/aromatic N) is 2. The fourth-order valence-corrected chi connectivity index (χ4v) is 2.14. The quantitative estimate of drug-likeness (QED) is 0.342. The SMILES string of the molecule is CCOc1ccc(/C=N\NC(=S)NCc2ccccc2)cc1[N+](=O)[O-]. The first-order valence-electron chi connectivity index (χ1n) is 7.62. The smallest absolute Gasteiger partial charge is 0.311 e. The molecule has 0 saturated carbocycles. The van der Waals surface area contributed by atoms with Crippen LogP contribution in [0.4, 0.5) is 5.69 Å². The molecule has 25 heavy (non-hydrogen) atoms. The van der Waals surface area contributed by atoms with Crippen molar-refractivity contribution < 1.29 is 9.66 Å². The van der Waals surface area contributed by atoms with Crippen molar-refractivity contribution in [2.75, 3.05) is 6.61 Å². The van der Waals surface area contributed by atoms with E-state index in [1.165, 1.54) is 12.3 Å². The van der Waals surface area contributed by atoms with Crippen LogP contribution in [0.2, 0.25) is 0 Å². The molecule has 0 bridgehead atoms. The lowest BCUT2D eigenvalue weighted by Crippen LogP contribution is -2.31. The van der Waals surface area contributed by atoms with Gasteiger partial charge in [0.1, 0.15) is 0 Å². The summed E-state index contributed by atoms with van der Waals surface area (Å²) in [5.74, 6) is 0.234. The molecule has 0 aromatic heterocycles. The molecule has 0 spiro atoms. The van der Waals surface area contributed by atoms with Crippen LogP contribution in [-0.2, 0) is 6.54 Å². The van der Waals surface area contributed by atoms with Crippen LogP contribution in [-0.4, -0.2) is 22.9 Å². The van der Waals surface area contributed by atoms with Crippen LogP contribution in [0.1, 0.15) is 18.1 Å². The molecule has 0 fully saturated rings. The maximum atomic E-state index is 11.1. The van der Waals surface area contributed by atoms with E-state index in [1.807, 2.05) is 30.3 Å². The first-order chi connectivity index (χ1) is 12.1. The largest absolute Gasteiger partial charge is 0.487 e. The van der Waals surface area contributed by atoms with Crippen LogP contribution in [0.5, 0.6) is 5.75 Å². The van der Waals surface area contributed by atoms with Crippen molar-refractivity contribution in [2.24, 2.45) is 5.10 Å². The number of nitrogens with one attached hydrogen (secondary N) is 2. The molecule has 7 nitrogen and oxygen atoms in total. The Hall–Kier alpha value is -3.00. The van der Waals surface area contributed by atoms with Crippen LogP contribution in [0.3, 0.4) is 0 Å². The monoisotopic (exact) mass is 358 g/mol. The first-order valence-corrected chi connectivity index (χ1v) is 8.03.